The highest BCUT2D eigenvalue weighted by molar-refractivity contribution is 7.87. The molecule has 2 aliphatic rings. The molecule has 0 unspecified atom stereocenters. The van der Waals surface area contributed by atoms with Crippen molar-refractivity contribution < 1.29 is 37.6 Å². The number of fused-ring (bicyclic) bond motifs is 1. The number of hydrogen-bond acceptors (Lipinski definition) is 10. The van der Waals surface area contributed by atoms with Crippen molar-refractivity contribution in [2.45, 2.75) is 26.0 Å². The number of rotatable bonds is 10. The summed E-state index contributed by atoms with van der Waals surface area (Å²) in [6, 6.07) is 3.97. The SMILES string of the molecule is C[C@@H](O)[C@H]1C(=O)N2C(C(=O)OC(=O)c3ccc([N+](=O)[O-])cc3)=C(CN(C)CCNS(N)(=O)=O)[C@H](C)[C@H]12. The third-order valence-corrected chi connectivity index (χ3v) is 6.85. The molecule has 4 N–H and O–H groups in total. The molecule has 196 valence electrons. The van der Waals surface area contributed by atoms with E-state index in [1.807, 2.05) is 0 Å². The fraction of sp³-hybridized carbons (Fsp3) is 0.476. The number of hydrogen-bond donors (Lipinski definition) is 3. The fourth-order valence-electron chi connectivity index (χ4n) is 4.50. The van der Waals surface area contributed by atoms with E-state index >= 15 is 0 Å². The smallest absolute Gasteiger partial charge is 0.362 e. The number of nitrogens with zero attached hydrogens (tertiary/aromatic N) is 3. The lowest BCUT2D eigenvalue weighted by atomic mass is 9.77. The lowest BCUT2D eigenvalue weighted by molar-refractivity contribution is -0.384. The van der Waals surface area contributed by atoms with E-state index in [1.165, 1.54) is 11.8 Å². The zero-order chi connectivity index (χ0) is 26.9. The summed E-state index contributed by atoms with van der Waals surface area (Å²) in [5.74, 6) is -3.71. The van der Waals surface area contributed by atoms with Gasteiger partial charge in [-0.25, -0.2) is 19.5 Å². The first kappa shape index (κ1) is 27.3. The fourth-order valence-corrected chi connectivity index (χ4v) is 4.88. The van der Waals surface area contributed by atoms with Crippen LogP contribution in [0.1, 0.15) is 24.2 Å². The molecular weight excluding hydrogens is 498 g/mol. The van der Waals surface area contributed by atoms with E-state index in [4.69, 9.17) is 9.88 Å². The van der Waals surface area contributed by atoms with Crippen molar-refractivity contribution in [1.82, 2.24) is 14.5 Å². The summed E-state index contributed by atoms with van der Waals surface area (Å²) in [6.07, 6.45) is -0.962. The Morgan fingerprint density at radius 2 is 1.92 bits per heavy atom. The number of likely N-dealkylation sites (N-methyl/N-ethyl adjacent to an activating group) is 1. The quantitative estimate of drug-likeness (QED) is 0.113. The minimum atomic E-state index is -3.88. The molecular formula is C21H27N5O9S. The zero-order valence-corrected chi connectivity index (χ0v) is 20.6. The van der Waals surface area contributed by atoms with E-state index in [1.54, 1.807) is 18.9 Å². The molecule has 3 rings (SSSR count). The first-order chi connectivity index (χ1) is 16.7. The highest BCUT2D eigenvalue weighted by Gasteiger charge is 2.60. The number of nitrogens with two attached hydrogens (primary N) is 1. The highest BCUT2D eigenvalue weighted by Crippen LogP contribution is 2.47. The van der Waals surface area contributed by atoms with Crippen molar-refractivity contribution in [3.8, 4) is 0 Å². The molecule has 1 saturated heterocycles. The van der Waals surface area contributed by atoms with Gasteiger partial charge in [0.05, 0.1) is 28.6 Å². The molecule has 0 saturated carbocycles. The van der Waals surface area contributed by atoms with Crippen LogP contribution in [0.15, 0.2) is 35.5 Å². The van der Waals surface area contributed by atoms with Crippen LogP contribution in [0.2, 0.25) is 0 Å². The van der Waals surface area contributed by atoms with Crippen LogP contribution in [0.5, 0.6) is 0 Å². The Balaban J connectivity index is 1.83. The second-order valence-electron chi connectivity index (χ2n) is 8.79. The maximum Gasteiger partial charge on any atom is 0.362 e. The van der Waals surface area contributed by atoms with Crippen LogP contribution in [0, 0.1) is 22.0 Å². The predicted molar refractivity (Wildman–Crippen MR) is 124 cm³/mol. The molecule has 1 aromatic carbocycles. The van der Waals surface area contributed by atoms with Gasteiger partial charge in [-0.2, -0.15) is 8.42 Å². The molecule has 1 fully saturated rings. The number of aliphatic hydroxyl groups excluding tert-OH is 1. The summed E-state index contributed by atoms with van der Waals surface area (Å²) in [4.78, 5) is 51.5. The Bertz CT molecular complexity index is 1210. The lowest BCUT2D eigenvalue weighted by Crippen LogP contribution is -2.63. The third-order valence-electron chi connectivity index (χ3n) is 6.24. The molecule has 1 aromatic rings. The molecule has 0 bridgehead atoms. The third kappa shape index (κ3) is 5.60. The molecule has 4 atom stereocenters. The van der Waals surface area contributed by atoms with Gasteiger partial charge >= 0.3 is 11.9 Å². The minimum Gasteiger partial charge on any atom is -0.393 e. The number of β-lactam (4-membered cyclic amide) rings is 1. The van der Waals surface area contributed by atoms with Crippen molar-refractivity contribution in [2.24, 2.45) is 17.0 Å². The van der Waals surface area contributed by atoms with Gasteiger partial charge < -0.3 is 19.6 Å². The number of aliphatic hydroxyl groups is 1. The van der Waals surface area contributed by atoms with Gasteiger partial charge in [-0.1, -0.05) is 6.92 Å². The summed E-state index contributed by atoms with van der Waals surface area (Å²) >= 11 is 0. The van der Waals surface area contributed by atoms with Crippen molar-refractivity contribution in [3.05, 3.63) is 51.2 Å². The zero-order valence-electron chi connectivity index (χ0n) is 19.8. The molecule has 0 radical (unpaired) electrons. The standard InChI is InChI=1S/C21H27N5O9S/c1-11-15(10-24(3)9-8-23-36(22,33)34)18(25-17(11)16(12(2)27)19(25)28)21(30)35-20(29)13-4-6-14(7-5-13)26(31)32/h4-7,11-12,16-17,23,27H,8-10H2,1-3H3,(H2,22,33,34)/t11-,12+,16+,17+/m0/s1. The average molecular weight is 526 g/mol. The van der Waals surface area contributed by atoms with Crippen molar-refractivity contribution in [2.75, 3.05) is 26.7 Å². The summed E-state index contributed by atoms with van der Waals surface area (Å²) in [5, 5.41) is 25.8. The van der Waals surface area contributed by atoms with E-state index in [0.29, 0.717) is 5.57 Å². The number of amides is 1. The summed E-state index contributed by atoms with van der Waals surface area (Å²) in [6.45, 7) is 3.61. The summed E-state index contributed by atoms with van der Waals surface area (Å²) in [7, 11) is -2.21. The Morgan fingerprint density at radius 3 is 2.44 bits per heavy atom. The van der Waals surface area contributed by atoms with E-state index in [0.717, 1.165) is 24.3 Å². The maximum atomic E-state index is 13.1. The molecule has 0 aromatic heterocycles. The van der Waals surface area contributed by atoms with E-state index in [9.17, 15) is 38.0 Å². The first-order valence-electron chi connectivity index (χ1n) is 10.9. The molecule has 0 spiro atoms. The Kier molecular flexibility index (Phi) is 7.90. The number of non-ortho nitro benzene ring substituents is 1. The number of nitro benzene ring substituents is 1. The number of benzene rings is 1. The highest BCUT2D eigenvalue weighted by atomic mass is 32.2. The average Bonchev–Trinajstić information content (AvgIpc) is 3.00. The van der Waals surface area contributed by atoms with Crippen molar-refractivity contribution >= 4 is 33.7 Å². The summed E-state index contributed by atoms with van der Waals surface area (Å²) < 4.78 is 29.4. The van der Waals surface area contributed by atoms with Crippen molar-refractivity contribution in [1.29, 1.82) is 0 Å². The second-order valence-corrected chi connectivity index (χ2v) is 10.2. The van der Waals surface area contributed by atoms with Crippen LogP contribution in [0.3, 0.4) is 0 Å². The maximum absolute atomic E-state index is 13.1. The number of carbonyl (C=O) groups is 3. The van der Waals surface area contributed by atoms with Crippen LogP contribution < -0.4 is 9.86 Å². The monoisotopic (exact) mass is 525 g/mol. The van der Waals surface area contributed by atoms with Crippen molar-refractivity contribution in [3.63, 3.8) is 0 Å². The van der Waals surface area contributed by atoms with Crippen LogP contribution >= 0.6 is 0 Å². The van der Waals surface area contributed by atoms with Gasteiger partial charge in [-0.15, -0.1) is 0 Å². The molecule has 1 amide bonds. The van der Waals surface area contributed by atoms with Gasteiger partial charge in [0.1, 0.15) is 5.70 Å². The number of nitrogens with one attached hydrogen (secondary N) is 1. The molecule has 36 heavy (non-hydrogen) atoms. The predicted octanol–water partition coefficient (Wildman–Crippen LogP) is -0.885. The van der Waals surface area contributed by atoms with E-state index < -0.39 is 51.0 Å². The van der Waals surface area contributed by atoms with Crippen LogP contribution in [0.25, 0.3) is 0 Å². The Labute approximate surface area is 207 Å². The lowest BCUT2D eigenvalue weighted by Gasteiger charge is -2.46. The van der Waals surface area contributed by atoms with Gasteiger partial charge in [-0.05, 0) is 31.7 Å². The van der Waals surface area contributed by atoms with E-state index in [-0.39, 0.29) is 42.5 Å². The summed E-state index contributed by atoms with van der Waals surface area (Å²) in [5.41, 5.74) is 0.0272. The normalized spacial score (nSPS) is 22.3. The topological polar surface area (TPSA) is 202 Å². The number of esters is 2. The number of nitro groups is 1. The minimum absolute atomic E-state index is 0.00221. The van der Waals surface area contributed by atoms with Gasteiger partial charge in [0, 0.05) is 37.7 Å². The first-order valence-corrected chi connectivity index (χ1v) is 12.5. The number of ether oxygens (including phenoxy) is 1. The molecule has 2 aliphatic heterocycles. The largest absolute Gasteiger partial charge is 0.393 e. The molecule has 2 heterocycles. The van der Waals surface area contributed by atoms with Crippen LogP contribution in [-0.4, -0.2) is 84.9 Å². The second kappa shape index (κ2) is 10.4. The van der Waals surface area contributed by atoms with Gasteiger partial charge in [0.2, 0.25) is 5.91 Å². The van der Waals surface area contributed by atoms with Gasteiger partial charge in [0.25, 0.3) is 15.9 Å². The molecule has 15 heteroatoms. The van der Waals surface area contributed by atoms with Gasteiger partial charge in [0.15, 0.2) is 0 Å². The van der Waals surface area contributed by atoms with Gasteiger partial charge in [-0.3, -0.25) is 14.9 Å². The van der Waals surface area contributed by atoms with Crippen LogP contribution in [0.4, 0.5) is 5.69 Å². The van der Waals surface area contributed by atoms with E-state index in [2.05, 4.69) is 4.72 Å². The Morgan fingerprint density at radius 1 is 1.31 bits per heavy atom. The molecule has 14 nitrogen and oxygen atoms in total. The Hall–Kier alpha value is -3.24. The molecule has 0 aliphatic carbocycles. The number of carbonyl (C=O) groups excluding carboxylic acids is 3. The van der Waals surface area contributed by atoms with Crippen LogP contribution in [-0.2, 0) is 24.5 Å².